The minimum atomic E-state index is -0.133. The van der Waals surface area contributed by atoms with E-state index in [0.29, 0.717) is 26.2 Å². The number of benzene rings is 1. The minimum Gasteiger partial charge on any atom is -0.497 e. The van der Waals surface area contributed by atoms with Crippen LogP contribution in [0.4, 0.5) is 5.69 Å². The van der Waals surface area contributed by atoms with E-state index in [1.165, 1.54) is 11.3 Å². The van der Waals surface area contributed by atoms with E-state index in [1.807, 2.05) is 6.92 Å². The van der Waals surface area contributed by atoms with Crippen molar-refractivity contribution in [3.63, 3.8) is 0 Å². The highest BCUT2D eigenvalue weighted by Gasteiger charge is 2.16. The number of ketones is 1. The summed E-state index contributed by atoms with van der Waals surface area (Å²) in [6.45, 7) is 1.87. The Kier molecular flexibility index (Phi) is 3.59. The average molecular weight is 282 g/mol. The summed E-state index contributed by atoms with van der Waals surface area (Å²) in [5.74, 6) is 0.471. The number of thiophene rings is 1. The van der Waals surface area contributed by atoms with Gasteiger partial charge in [-0.1, -0.05) is 11.6 Å². The summed E-state index contributed by atoms with van der Waals surface area (Å²) in [4.78, 5) is 12.9. The quantitative estimate of drug-likeness (QED) is 0.692. The van der Waals surface area contributed by atoms with Gasteiger partial charge < -0.3 is 10.5 Å². The van der Waals surface area contributed by atoms with Gasteiger partial charge >= 0.3 is 0 Å². The number of nitrogens with two attached hydrogens (primary N) is 1. The average Bonchev–Trinajstić information content (AvgIpc) is 2.69. The van der Waals surface area contributed by atoms with Crippen LogP contribution in [0, 0.1) is 6.92 Å². The Hall–Kier alpha value is -1.52. The summed E-state index contributed by atoms with van der Waals surface area (Å²) < 4.78 is 5.72. The molecule has 0 radical (unpaired) electrons. The van der Waals surface area contributed by atoms with E-state index in [1.54, 1.807) is 31.4 Å². The molecule has 1 aromatic carbocycles. The second-order valence-electron chi connectivity index (χ2n) is 3.85. The smallest absolute Gasteiger partial charge is 0.205 e. The Morgan fingerprint density at radius 2 is 2.11 bits per heavy atom. The van der Waals surface area contributed by atoms with E-state index in [0.717, 1.165) is 5.56 Å². The first kappa shape index (κ1) is 12.9. The third-order valence-electron chi connectivity index (χ3n) is 2.59. The summed E-state index contributed by atoms with van der Waals surface area (Å²) in [7, 11) is 1.55. The largest absolute Gasteiger partial charge is 0.497 e. The number of aryl methyl sites for hydroxylation is 1. The summed E-state index contributed by atoms with van der Waals surface area (Å²) in [5, 5.41) is 0. The number of ether oxygens (including phenoxy) is 1. The first-order valence-corrected chi connectivity index (χ1v) is 6.46. The molecule has 1 heterocycles. The topological polar surface area (TPSA) is 52.3 Å². The third-order valence-corrected chi connectivity index (χ3v) is 4.14. The summed E-state index contributed by atoms with van der Waals surface area (Å²) in [5.41, 5.74) is 7.59. The van der Waals surface area contributed by atoms with E-state index < -0.39 is 0 Å². The Balaban J connectivity index is 2.45. The van der Waals surface area contributed by atoms with Gasteiger partial charge in [0.1, 0.15) is 5.75 Å². The molecule has 0 spiro atoms. The lowest BCUT2D eigenvalue weighted by molar-refractivity contribution is 0.104. The zero-order chi connectivity index (χ0) is 13.3. The molecule has 1 aromatic heterocycles. The first-order chi connectivity index (χ1) is 8.52. The normalized spacial score (nSPS) is 10.4. The van der Waals surface area contributed by atoms with Gasteiger partial charge in [0.2, 0.25) is 5.78 Å². The molecule has 0 aliphatic heterocycles. The number of methoxy groups -OCH3 is 1. The lowest BCUT2D eigenvalue weighted by atomic mass is 10.1. The highest BCUT2D eigenvalue weighted by molar-refractivity contribution is 7.18. The molecule has 0 saturated heterocycles. The van der Waals surface area contributed by atoms with Crippen LogP contribution in [0.2, 0.25) is 4.34 Å². The Bertz CT molecular complexity index is 588. The van der Waals surface area contributed by atoms with Crippen LogP contribution in [0.3, 0.4) is 0 Å². The summed E-state index contributed by atoms with van der Waals surface area (Å²) in [6.07, 6.45) is 0. The number of carbonyl (C=O) groups is 1. The second kappa shape index (κ2) is 5.00. The number of anilines is 1. The van der Waals surface area contributed by atoms with E-state index >= 15 is 0 Å². The molecule has 0 amide bonds. The molecule has 2 aromatic rings. The van der Waals surface area contributed by atoms with Gasteiger partial charge in [-0.2, -0.15) is 0 Å². The van der Waals surface area contributed by atoms with E-state index in [2.05, 4.69) is 0 Å². The van der Waals surface area contributed by atoms with Crippen LogP contribution in [-0.2, 0) is 0 Å². The van der Waals surface area contributed by atoms with Gasteiger partial charge in [-0.25, -0.2) is 0 Å². The number of halogens is 1. The predicted molar refractivity (Wildman–Crippen MR) is 74.9 cm³/mol. The Labute approximate surface area is 114 Å². The zero-order valence-electron chi connectivity index (χ0n) is 9.99. The van der Waals surface area contributed by atoms with Crippen molar-refractivity contribution in [1.29, 1.82) is 0 Å². The maximum atomic E-state index is 12.3. The zero-order valence-corrected chi connectivity index (χ0v) is 11.6. The monoisotopic (exact) mass is 281 g/mol. The van der Waals surface area contributed by atoms with Crippen molar-refractivity contribution in [3.05, 3.63) is 44.6 Å². The molecule has 5 heteroatoms. The van der Waals surface area contributed by atoms with E-state index in [9.17, 15) is 4.79 Å². The maximum absolute atomic E-state index is 12.3. The van der Waals surface area contributed by atoms with Crippen molar-refractivity contribution < 1.29 is 9.53 Å². The number of hydrogen-bond acceptors (Lipinski definition) is 4. The molecule has 0 aliphatic rings. The van der Waals surface area contributed by atoms with E-state index in [-0.39, 0.29) is 5.78 Å². The molecule has 0 atom stereocenters. The lowest BCUT2D eigenvalue weighted by Crippen LogP contribution is -2.04. The van der Waals surface area contributed by atoms with Crippen LogP contribution in [0.1, 0.15) is 20.8 Å². The van der Waals surface area contributed by atoms with Crippen LogP contribution in [-0.4, -0.2) is 12.9 Å². The van der Waals surface area contributed by atoms with Gasteiger partial charge in [-0.3, -0.25) is 4.79 Å². The van der Waals surface area contributed by atoms with Crippen molar-refractivity contribution >= 4 is 34.4 Å². The third kappa shape index (κ3) is 2.35. The van der Waals surface area contributed by atoms with Crippen LogP contribution >= 0.6 is 22.9 Å². The number of carbonyl (C=O) groups excluding carboxylic acids is 1. The predicted octanol–water partition coefficient (Wildman–Crippen LogP) is 3.53. The van der Waals surface area contributed by atoms with Crippen LogP contribution < -0.4 is 10.5 Å². The SMILES string of the molecule is COc1ccc(N)c(C(=O)c2cc(C)c(Cl)s2)c1. The fourth-order valence-electron chi connectivity index (χ4n) is 1.56. The first-order valence-electron chi connectivity index (χ1n) is 5.27. The highest BCUT2D eigenvalue weighted by Crippen LogP contribution is 2.30. The van der Waals surface area contributed by atoms with Crippen molar-refractivity contribution in [3.8, 4) is 5.75 Å². The van der Waals surface area contributed by atoms with Crippen LogP contribution in [0.5, 0.6) is 5.75 Å². The second-order valence-corrected chi connectivity index (χ2v) is 5.50. The molecule has 2 N–H and O–H groups in total. The summed E-state index contributed by atoms with van der Waals surface area (Å²) in [6, 6.07) is 6.79. The van der Waals surface area contributed by atoms with Crippen molar-refractivity contribution in [2.45, 2.75) is 6.92 Å². The maximum Gasteiger partial charge on any atom is 0.205 e. The molecular weight excluding hydrogens is 270 g/mol. The van der Waals surface area contributed by atoms with Crippen molar-refractivity contribution in [2.75, 3.05) is 12.8 Å². The Morgan fingerprint density at radius 1 is 1.39 bits per heavy atom. The molecule has 94 valence electrons. The molecular formula is C13H12ClNO2S. The van der Waals surface area contributed by atoms with Crippen molar-refractivity contribution in [2.24, 2.45) is 0 Å². The van der Waals surface area contributed by atoms with Crippen LogP contribution in [0.15, 0.2) is 24.3 Å². The summed E-state index contributed by atoms with van der Waals surface area (Å²) >= 11 is 7.23. The minimum absolute atomic E-state index is 0.133. The number of hydrogen-bond donors (Lipinski definition) is 1. The van der Waals surface area contributed by atoms with Gasteiger partial charge in [0.05, 0.1) is 16.3 Å². The number of nitrogen functional groups attached to an aromatic ring is 1. The van der Waals surface area contributed by atoms with Gasteiger partial charge in [0.25, 0.3) is 0 Å². The fourth-order valence-corrected chi connectivity index (χ4v) is 2.72. The highest BCUT2D eigenvalue weighted by atomic mass is 35.5. The fraction of sp³-hybridized carbons (Fsp3) is 0.154. The van der Waals surface area contributed by atoms with E-state index in [4.69, 9.17) is 22.1 Å². The number of rotatable bonds is 3. The molecule has 0 fully saturated rings. The lowest BCUT2D eigenvalue weighted by Gasteiger charge is -2.06. The van der Waals surface area contributed by atoms with Crippen molar-refractivity contribution in [1.82, 2.24) is 0 Å². The molecule has 0 bridgehead atoms. The molecule has 0 aliphatic carbocycles. The van der Waals surface area contributed by atoms with Gasteiger partial charge in [0, 0.05) is 11.3 Å². The van der Waals surface area contributed by atoms with Gasteiger partial charge in [-0.05, 0) is 36.8 Å². The molecule has 0 unspecified atom stereocenters. The van der Waals surface area contributed by atoms with Crippen LogP contribution in [0.25, 0.3) is 0 Å². The van der Waals surface area contributed by atoms with Gasteiger partial charge in [0.15, 0.2) is 0 Å². The standard InChI is InChI=1S/C13H12ClNO2S/c1-7-5-11(18-13(7)14)12(16)9-6-8(17-2)3-4-10(9)15/h3-6H,15H2,1-2H3. The molecule has 0 saturated carbocycles. The molecule has 2 rings (SSSR count). The molecule has 3 nitrogen and oxygen atoms in total. The van der Waals surface area contributed by atoms with Gasteiger partial charge in [-0.15, -0.1) is 11.3 Å². The molecule has 18 heavy (non-hydrogen) atoms. The Morgan fingerprint density at radius 3 is 2.67 bits per heavy atom.